The summed E-state index contributed by atoms with van der Waals surface area (Å²) < 4.78 is 0. The summed E-state index contributed by atoms with van der Waals surface area (Å²) in [7, 11) is 0. The van der Waals surface area contributed by atoms with Crippen molar-refractivity contribution in [3.8, 4) is 0 Å². The zero-order chi connectivity index (χ0) is 11.7. The second kappa shape index (κ2) is 3.83. The van der Waals surface area contributed by atoms with Gasteiger partial charge in [-0.2, -0.15) is 0 Å². The lowest BCUT2D eigenvalue weighted by Gasteiger charge is -2.08. The Kier molecular flexibility index (Phi) is 2.19. The first-order valence-electron chi connectivity index (χ1n) is 5.36. The van der Waals surface area contributed by atoms with Crippen molar-refractivity contribution in [3.63, 3.8) is 0 Å². The fourth-order valence-corrected chi connectivity index (χ4v) is 1.79. The van der Waals surface area contributed by atoms with Crippen LogP contribution >= 0.6 is 0 Å². The van der Waals surface area contributed by atoms with Crippen LogP contribution in [0.25, 0.3) is 10.9 Å². The molecule has 0 unspecified atom stereocenters. The Balaban J connectivity index is 1.97. The van der Waals surface area contributed by atoms with Gasteiger partial charge in [0.05, 0.1) is 17.6 Å². The molecule has 0 bridgehead atoms. The molecule has 2 heterocycles. The van der Waals surface area contributed by atoms with Gasteiger partial charge >= 0.3 is 0 Å². The Morgan fingerprint density at radius 3 is 3.00 bits per heavy atom. The van der Waals surface area contributed by atoms with Gasteiger partial charge in [-0.1, -0.05) is 6.07 Å². The normalized spacial score (nSPS) is 10.6. The van der Waals surface area contributed by atoms with Crippen molar-refractivity contribution in [2.24, 2.45) is 0 Å². The average molecular weight is 224 g/mol. The number of H-pyrrole nitrogens is 1. The third-order valence-electron chi connectivity index (χ3n) is 2.69. The molecule has 4 nitrogen and oxygen atoms in total. The molecule has 3 rings (SSSR count). The van der Waals surface area contributed by atoms with Crippen LogP contribution in [0.1, 0.15) is 0 Å². The zero-order valence-electron chi connectivity index (χ0n) is 9.14. The van der Waals surface area contributed by atoms with Gasteiger partial charge in [0.25, 0.3) is 0 Å². The highest BCUT2D eigenvalue weighted by atomic mass is 14.9. The maximum Gasteiger partial charge on any atom is 0.0804 e. The summed E-state index contributed by atoms with van der Waals surface area (Å²) in [5.41, 5.74) is 9.44. The highest BCUT2D eigenvalue weighted by molar-refractivity contribution is 5.84. The molecule has 3 aromatic rings. The van der Waals surface area contributed by atoms with E-state index in [9.17, 15) is 0 Å². The number of anilines is 3. The number of rotatable bonds is 2. The number of nitrogens with one attached hydrogen (secondary N) is 2. The van der Waals surface area contributed by atoms with E-state index in [1.807, 2.05) is 24.4 Å². The van der Waals surface area contributed by atoms with Gasteiger partial charge in [-0.25, -0.2) is 0 Å². The van der Waals surface area contributed by atoms with Crippen LogP contribution in [0.3, 0.4) is 0 Å². The predicted molar refractivity (Wildman–Crippen MR) is 70.2 cm³/mol. The lowest BCUT2D eigenvalue weighted by Crippen LogP contribution is -1.96. The van der Waals surface area contributed by atoms with Gasteiger partial charge in [0, 0.05) is 23.6 Å². The predicted octanol–water partition coefficient (Wildman–Crippen LogP) is 2.89. The van der Waals surface area contributed by atoms with Crippen molar-refractivity contribution in [1.29, 1.82) is 0 Å². The van der Waals surface area contributed by atoms with Crippen molar-refractivity contribution in [2.75, 3.05) is 11.1 Å². The number of pyridine rings is 1. The van der Waals surface area contributed by atoms with Crippen molar-refractivity contribution >= 4 is 28.0 Å². The second-order valence-corrected chi connectivity index (χ2v) is 3.87. The molecule has 0 saturated heterocycles. The summed E-state index contributed by atoms with van der Waals surface area (Å²) in [6, 6.07) is 9.93. The monoisotopic (exact) mass is 224 g/mol. The number of nitrogens with two attached hydrogens (primary N) is 1. The molecule has 0 fully saturated rings. The fraction of sp³-hybridized carbons (Fsp3) is 0. The number of benzene rings is 1. The Hall–Kier alpha value is -2.49. The first-order chi connectivity index (χ1) is 8.33. The topological polar surface area (TPSA) is 66.7 Å². The van der Waals surface area contributed by atoms with Crippen LogP contribution < -0.4 is 11.1 Å². The van der Waals surface area contributed by atoms with Crippen LogP contribution in [0.15, 0.2) is 48.9 Å². The smallest absolute Gasteiger partial charge is 0.0804 e. The van der Waals surface area contributed by atoms with Crippen LogP contribution in [0.5, 0.6) is 0 Å². The lowest BCUT2D eigenvalue weighted by molar-refractivity contribution is 1.32. The van der Waals surface area contributed by atoms with Crippen LogP contribution in [0.4, 0.5) is 17.1 Å². The van der Waals surface area contributed by atoms with Gasteiger partial charge in [-0.15, -0.1) is 0 Å². The highest BCUT2D eigenvalue weighted by Crippen LogP contribution is 2.24. The third-order valence-corrected chi connectivity index (χ3v) is 2.69. The van der Waals surface area contributed by atoms with E-state index in [2.05, 4.69) is 21.4 Å². The number of hydrogen-bond donors (Lipinski definition) is 3. The van der Waals surface area contributed by atoms with E-state index in [0.717, 1.165) is 16.9 Å². The minimum atomic E-state index is 0.687. The SMILES string of the molecule is Nc1ccncc1Nc1ccc2cc[nH]c2c1. The molecule has 4 heteroatoms. The average Bonchev–Trinajstić information content (AvgIpc) is 2.79. The molecule has 0 spiro atoms. The quantitative estimate of drug-likeness (QED) is 0.627. The third kappa shape index (κ3) is 1.80. The molecule has 0 aliphatic rings. The number of fused-ring (bicyclic) bond motifs is 1. The first kappa shape index (κ1) is 9.72. The number of nitrogen functional groups attached to an aromatic ring is 1. The summed E-state index contributed by atoms with van der Waals surface area (Å²) in [5.74, 6) is 0. The summed E-state index contributed by atoms with van der Waals surface area (Å²) >= 11 is 0. The first-order valence-corrected chi connectivity index (χ1v) is 5.36. The number of hydrogen-bond acceptors (Lipinski definition) is 3. The van der Waals surface area contributed by atoms with Crippen molar-refractivity contribution in [1.82, 2.24) is 9.97 Å². The van der Waals surface area contributed by atoms with Gasteiger partial charge in [-0.05, 0) is 29.7 Å². The molecule has 0 saturated carbocycles. The molecular weight excluding hydrogens is 212 g/mol. The molecule has 84 valence electrons. The maximum atomic E-state index is 5.85. The number of aromatic amines is 1. The standard InChI is InChI=1S/C13H12N4/c14-11-4-5-15-8-13(11)17-10-2-1-9-3-6-16-12(9)7-10/h1-8,16-17H,(H2,14,15). The van der Waals surface area contributed by atoms with E-state index >= 15 is 0 Å². The summed E-state index contributed by atoms with van der Waals surface area (Å²) in [4.78, 5) is 7.22. The zero-order valence-corrected chi connectivity index (χ0v) is 9.14. The molecule has 0 radical (unpaired) electrons. The van der Waals surface area contributed by atoms with E-state index in [4.69, 9.17) is 5.73 Å². The molecule has 2 aromatic heterocycles. The Morgan fingerprint density at radius 2 is 2.12 bits per heavy atom. The van der Waals surface area contributed by atoms with Gasteiger partial charge < -0.3 is 16.0 Å². The molecule has 17 heavy (non-hydrogen) atoms. The van der Waals surface area contributed by atoms with Gasteiger partial charge in [0.1, 0.15) is 0 Å². The fourth-order valence-electron chi connectivity index (χ4n) is 1.79. The van der Waals surface area contributed by atoms with Gasteiger partial charge in [0.2, 0.25) is 0 Å². The van der Waals surface area contributed by atoms with E-state index in [0.29, 0.717) is 5.69 Å². The highest BCUT2D eigenvalue weighted by Gasteiger charge is 2.00. The summed E-state index contributed by atoms with van der Waals surface area (Å²) in [6.07, 6.45) is 5.32. The van der Waals surface area contributed by atoms with E-state index in [1.54, 1.807) is 18.5 Å². The molecule has 1 aromatic carbocycles. The van der Waals surface area contributed by atoms with Gasteiger partial charge in [0.15, 0.2) is 0 Å². The van der Waals surface area contributed by atoms with E-state index < -0.39 is 0 Å². The molecule has 0 amide bonds. The number of aromatic nitrogens is 2. The van der Waals surface area contributed by atoms with Crippen molar-refractivity contribution in [2.45, 2.75) is 0 Å². The van der Waals surface area contributed by atoms with Crippen molar-refractivity contribution in [3.05, 3.63) is 48.9 Å². The molecular formula is C13H12N4. The maximum absolute atomic E-state index is 5.85. The largest absolute Gasteiger partial charge is 0.397 e. The Morgan fingerprint density at radius 1 is 1.18 bits per heavy atom. The van der Waals surface area contributed by atoms with Crippen LogP contribution in [0, 0.1) is 0 Å². The van der Waals surface area contributed by atoms with Gasteiger partial charge in [-0.3, -0.25) is 4.98 Å². The van der Waals surface area contributed by atoms with Crippen LogP contribution in [-0.4, -0.2) is 9.97 Å². The minimum Gasteiger partial charge on any atom is -0.397 e. The Bertz CT molecular complexity index is 657. The van der Waals surface area contributed by atoms with E-state index in [-0.39, 0.29) is 0 Å². The van der Waals surface area contributed by atoms with Crippen molar-refractivity contribution < 1.29 is 0 Å². The lowest BCUT2D eigenvalue weighted by atomic mass is 10.2. The molecule has 0 atom stereocenters. The second-order valence-electron chi connectivity index (χ2n) is 3.87. The molecule has 4 N–H and O–H groups in total. The Labute approximate surface area is 98.5 Å². The van der Waals surface area contributed by atoms with Crippen LogP contribution in [0.2, 0.25) is 0 Å². The summed E-state index contributed by atoms with van der Waals surface area (Å²) in [5, 5.41) is 4.44. The van der Waals surface area contributed by atoms with Crippen LogP contribution in [-0.2, 0) is 0 Å². The van der Waals surface area contributed by atoms with E-state index in [1.165, 1.54) is 5.39 Å². The molecule has 0 aliphatic heterocycles. The molecule has 0 aliphatic carbocycles. The minimum absolute atomic E-state index is 0.687. The summed E-state index contributed by atoms with van der Waals surface area (Å²) in [6.45, 7) is 0. The number of nitrogens with zero attached hydrogens (tertiary/aromatic N) is 1.